The lowest BCUT2D eigenvalue weighted by Crippen LogP contribution is -2.29. The maximum atomic E-state index is 12.6. The van der Waals surface area contributed by atoms with Crippen LogP contribution in [0.4, 0.5) is 0 Å². The smallest absolute Gasteiger partial charge is 0.338 e. The Hall–Kier alpha value is -2.92. The molecule has 1 saturated heterocycles. The van der Waals surface area contributed by atoms with Gasteiger partial charge in [-0.3, -0.25) is 0 Å². The fourth-order valence-electron chi connectivity index (χ4n) is 3.67. The molecular formula is C25H28O5. The molecule has 2 aromatic rings. The van der Waals surface area contributed by atoms with Gasteiger partial charge in [0.15, 0.2) is 0 Å². The Kier molecular flexibility index (Phi) is 7.80. The molecule has 30 heavy (non-hydrogen) atoms. The van der Waals surface area contributed by atoms with E-state index in [0.717, 1.165) is 12.8 Å². The van der Waals surface area contributed by atoms with Crippen molar-refractivity contribution in [2.24, 2.45) is 5.92 Å². The number of esters is 2. The van der Waals surface area contributed by atoms with E-state index in [1.54, 1.807) is 48.5 Å². The molecule has 0 bridgehead atoms. The highest BCUT2D eigenvalue weighted by Crippen LogP contribution is 2.31. The summed E-state index contributed by atoms with van der Waals surface area (Å²) in [5.41, 5.74) is 0.921. The van der Waals surface area contributed by atoms with Gasteiger partial charge in [0.25, 0.3) is 0 Å². The van der Waals surface area contributed by atoms with E-state index < -0.39 is 18.0 Å². The number of carbonyl (C=O) groups excluding carboxylic acids is 2. The van der Waals surface area contributed by atoms with Gasteiger partial charge in [0.1, 0.15) is 12.7 Å². The Morgan fingerprint density at radius 1 is 1.07 bits per heavy atom. The second-order valence-electron chi connectivity index (χ2n) is 7.63. The van der Waals surface area contributed by atoms with E-state index in [2.05, 4.69) is 13.5 Å². The summed E-state index contributed by atoms with van der Waals surface area (Å²) in [5, 5.41) is 0. The van der Waals surface area contributed by atoms with Crippen LogP contribution in [-0.4, -0.2) is 36.9 Å². The average Bonchev–Trinajstić information content (AvgIpc) is 3.12. The number of hydrogen-bond donors (Lipinski definition) is 0. The van der Waals surface area contributed by atoms with Crippen molar-refractivity contribution < 1.29 is 23.8 Å². The summed E-state index contributed by atoms with van der Waals surface area (Å²) >= 11 is 0. The summed E-state index contributed by atoms with van der Waals surface area (Å²) in [6.45, 7) is 5.91. The predicted octanol–water partition coefficient (Wildman–Crippen LogP) is 4.83. The molecule has 1 aliphatic rings. The minimum absolute atomic E-state index is 0.0212. The molecule has 1 heterocycles. The first kappa shape index (κ1) is 21.8. The molecule has 0 aliphatic carbocycles. The first-order valence-electron chi connectivity index (χ1n) is 10.3. The van der Waals surface area contributed by atoms with Crippen LogP contribution < -0.4 is 0 Å². The van der Waals surface area contributed by atoms with Crippen LogP contribution in [0.2, 0.25) is 0 Å². The lowest BCUT2D eigenvalue weighted by atomic mass is 9.98. The lowest BCUT2D eigenvalue weighted by molar-refractivity contribution is -0.0299. The van der Waals surface area contributed by atoms with Crippen LogP contribution in [0.15, 0.2) is 73.3 Å². The predicted molar refractivity (Wildman–Crippen MR) is 114 cm³/mol. The summed E-state index contributed by atoms with van der Waals surface area (Å²) in [5.74, 6) is -0.489. The van der Waals surface area contributed by atoms with E-state index in [4.69, 9.17) is 14.2 Å². The molecule has 4 atom stereocenters. The van der Waals surface area contributed by atoms with Crippen LogP contribution in [0.5, 0.6) is 0 Å². The van der Waals surface area contributed by atoms with Gasteiger partial charge in [0.05, 0.1) is 23.3 Å². The first-order valence-corrected chi connectivity index (χ1v) is 10.3. The minimum Gasteiger partial charge on any atom is -0.458 e. The zero-order chi connectivity index (χ0) is 21.3. The molecule has 158 valence electrons. The van der Waals surface area contributed by atoms with Gasteiger partial charge in [-0.25, -0.2) is 9.59 Å². The Labute approximate surface area is 177 Å². The fraction of sp³-hybridized carbons (Fsp3) is 0.360. The molecule has 0 aromatic heterocycles. The monoisotopic (exact) mass is 408 g/mol. The quantitative estimate of drug-likeness (QED) is 0.439. The molecule has 3 rings (SSSR count). The third-order valence-electron chi connectivity index (χ3n) is 5.25. The van der Waals surface area contributed by atoms with Crippen molar-refractivity contribution in [1.82, 2.24) is 0 Å². The van der Waals surface area contributed by atoms with Crippen molar-refractivity contribution in [1.29, 1.82) is 0 Å². The van der Waals surface area contributed by atoms with Crippen molar-refractivity contribution in [2.45, 2.75) is 44.5 Å². The van der Waals surface area contributed by atoms with E-state index in [1.165, 1.54) is 0 Å². The van der Waals surface area contributed by atoms with Crippen LogP contribution >= 0.6 is 0 Å². The molecule has 0 N–H and O–H groups in total. The summed E-state index contributed by atoms with van der Waals surface area (Å²) in [4.78, 5) is 24.9. The van der Waals surface area contributed by atoms with E-state index in [1.807, 2.05) is 18.2 Å². The molecule has 2 aromatic carbocycles. The van der Waals surface area contributed by atoms with Gasteiger partial charge < -0.3 is 14.2 Å². The number of carbonyl (C=O) groups is 2. The molecule has 1 aliphatic heterocycles. The summed E-state index contributed by atoms with van der Waals surface area (Å²) in [6.07, 6.45) is 3.44. The standard InChI is InChI=1S/C25H28O5/c1-3-10-23-18(2)15-21(29-23)16-22(30-25(27)20-13-8-5-9-14-20)17-28-24(26)19-11-6-4-7-12-19/h3-9,11-14,18,21-23H,1,10,15-17H2,2H3/t18-,21+,22+,23+/m1/s1. The SMILES string of the molecule is C=CC[C@@H]1O[C@H](C[C@@H](COC(=O)c2ccccc2)OC(=O)c2ccccc2)C[C@H]1C. The molecular weight excluding hydrogens is 380 g/mol. The van der Waals surface area contributed by atoms with Gasteiger partial charge in [0.2, 0.25) is 0 Å². The summed E-state index contributed by atoms with van der Waals surface area (Å²) < 4.78 is 17.3. The maximum Gasteiger partial charge on any atom is 0.338 e. The van der Waals surface area contributed by atoms with Crippen molar-refractivity contribution in [3.8, 4) is 0 Å². The largest absolute Gasteiger partial charge is 0.458 e. The zero-order valence-electron chi connectivity index (χ0n) is 17.2. The van der Waals surface area contributed by atoms with Crippen LogP contribution in [0.25, 0.3) is 0 Å². The Bertz CT molecular complexity index is 833. The third kappa shape index (κ3) is 6.04. The van der Waals surface area contributed by atoms with Gasteiger partial charge in [-0.15, -0.1) is 6.58 Å². The van der Waals surface area contributed by atoms with Gasteiger partial charge in [-0.1, -0.05) is 49.4 Å². The average molecular weight is 408 g/mol. The Morgan fingerprint density at radius 2 is 1.67 bits per heavy atom. The Balaban J connectivity index is 1.64. The Morgan fingerprint density at radius 3 is 2.27 bits per heavy atom. The van der Waals surface area contributed by atoms with Crippen molar-refractivity contribution in [3.05, 3.63) is 84.4 Å². The van der Waals surface area contributed by atoms with E-state index in [0.29, 0.717) is 23.5 Å². The van der Waals surface area contributed by atoms with Gasteiger partial charge >= 0.3 is 11.9 Å². The fourth-order valence-corrected chi connectivity index (χ4v) is 3.67. The van der Waals surface area contributed by atoms with Gasteiger partial charge in [-0.2, -0.15) is 0 Å². The van der Waals surface area contributed by atoms with E-state index >= 15 is 0 Å². The summed E-state index contributed by atoms with van der Waals surface area (Å²) in [7, 11) is 0. The minimum atomic E-state index is -0.593. The van der Waals surface area contributed by atoms with Crippen LogP contribution in [0, 0.1) is 5.92 Å². The first-order chi connectivity index (χ1) is 14.6. The van der Waals surface area contributed by atoms with Crippen molar-refractivity contribution >= 4 is 11.9 Å². The molecule has 0 saturated carbocycles. The number of hydrogen-bond acceptors (Lipinski definition) is 5. The number of benzene rings is 2. The van der Waals surface area contributed by atoms with Gasteiger partial charge in [0, 0.05) is 6.42 Å². The van der Waals surface area contributed by atoms with Crippen LogP contribution in [0.3, 0.4) is 0 Å². The van der Waals surface area contributed by atoms with Crippen LogP contribution in [0.1, 0.15) is 46.9 Å². The van der Waals surface area contributed by atoms with Gasteiger partial charge in [-0.05, 0) is 43.0 Å². The topological polar surface area (TPSA) is 61.8 Å². The number of ether oxygens (including phenoxy) is 3. The highest BCUT2D eigenvalue weighted by atomic mass is 16.6. The lowest BCUT2D eigenvalue weighted by Gasteiger charge is -2.21. The molecule has 5 heteroatoms. The normalized spacial score (nSPS) is 21.6. The molecule has 5 nitrogen and oxygen atoms in total. The highest BCUT2D eigenvalue weighted by Gasteiger charge is 2.34. The second kappa shape index (κ2) is 10.7. The zero-order valence-corrected chi connectivity index (χ0v) is 17.2. The molecule has 0 spiro atoms. The van der Waals surface area contributed by atoms with E-state index in [9.17, 15) is 9.59 Å². The molecule has 0 unspecified atom stereocenters. The number of rotatable bonds is 9. The highest BCUT2D eigenvalue weighted by molar-refractivity contribution is 5.90. The molecule has 0 amide bonds. The van der Waals surface area contributed by atoms with E-state index in [-0.39, 0.29) is 18.8 Å². The van der Waals surface area contributed by atoms with Crippen molar-refractivity contribution in [2.75, 3.05) is 6.61 Å². The third-order valence-corrected chi connectivity index (χ3v) is 5.25. The summed E-state index contributed by atoms with van der Waals surface area (Å²) in [6, 6.07) is 17.6. The maximum absolute atomic E-state index is 12.6. The second-order valence-corrected chi connectivity index (χ2v) is 7.63. The van der Waals surface area contributed by atoms with Crippen LogP contribution in [-0.2, 0) is 14.2 Å². The molecule has 1 fully saturated rings. The molecule has 0 radical (unpaired) electrons. The van der Waals surface area contributed by atoms with Crippen molar-refractivity contribution in [3.63, 3.8) is 0 Å².